The van der Waals surface area contributed by atoms with E-state index in [0.717, 1.165) is 17.3 Å². The summed E-state index contributed by atoms with van der Waals surface area (Å²) in [7, 11) is 0. The number of rotatable bonds is 3. The predicted octanol–water partition coefficient (Wildman–Crippen LogP) is 3.81. The number of hydrogen-bond donors (Lipinski definition) is 1. The summed E-state index contributed by atoms with van der Waals surface area (Å²) < 4.78 is 5.52. The average Bonchev–Trinajstić information content (AvgIpc) is 2.68. The minimum Gasteiger partial charge on any atom is -0.464 e. The molecule has 1 N–H and O–H groups in total. The zero-order chi connectivity index (χ0) is 11.5. The Hall–Kier alpha value is -1.48. The Kier molecular flexibility index (Phi) is 3.15. The largest absolute Gasteiger partial charge is 0.464 e. The summed E-state index contributed by atoms with van der Waals surface area (Å²) in [4.78, 5) is 4.17. The molecule has 3 nitrogen and oxygen atoms in total. The van der Waals surface area contributed by atoms with Crippen molar-refractivity contribution in [2.75, 3.05) is 5.32 Å². The number of aryl methyl sites for hydroxylation is 1. The molecule has 84 valence electrons. The molecule has 0 aliphatic heterocycles. The molecule has 2 aromatic rings. The van der Waals surface area contributed by atoms with E-state index >= 15 is 0 Å². The van der Waals surface area contributed by atoms with Crippen molar-refractivity contribution in [3.8, 4) is 0 Å². The molecule has 1 unspecified atom stereocenters. The van der Waals surface area contributed by atoms with Crippen molar-refractivity contribution in [1.82, 2.24) is 4.98 Å². The zero-order valence-electron chi connectivity index (χ0n) is 9.20. The van der Waals surface area contributed by atoms with Crippen molar-refractivity contribution in [2.24, 2.45) is 0 Å². The second kappa shape index (κ2) is 4.58. The van der Waals surface area contributed by atoms with Gasteiger partial charge in [0.05, 0.1) is 11.1 Å². The maximum Gasteiger partial charge on any atom is 0.126 e. The first kappa shape index (κ1) is 11.0. The molecule has 0 amide bonds. The molecule has 0 aromatic carbocycles. The van der Waals surface area contributed by atoms with Crippen LogP contribution in [0.15, 0.2) is 34.9 Å². The van der Waals surface area contributed by atoms with Crippen LogP contribution in [0.25, 0.3) is 0 Å². The fourth-order valence-corrected chi connectivity index (χ4v) is 1.55. The number of halogens is 1. The number of nitrogens with one attached hydrogen (secondary N) is 1. The number of hydrogen-bond acceptors (Lipinski definition) is 3. The normalized spacial score (nSPS) is 12.4. The molecule has 2 heterocycles. The van der Waals surface area contributed by atoms with Gasteiger partial charge in [-0.2, -0.15) is 0 Å². The molecule has 0 spiro atoms. The lowest BCUT2D eigenvalue weighted by Crippen LogP contribution is -2.06. The van der Waals surface area contributed by atoms with E-state index in [2.05, 4.69) is 10.3 Å². The minimum atomic E-state index is 0.0855. The van der Waals surface area contributed by atoms with E-state index in [1.54, 1.807) is 12.3 Å². The number of nitrogens with zero attached hydrogens (tertiary/aromatic N) is 1. The van der Waals surface area contributed by atoms with E-state index < -0.39 is 0 Å². The quantitative estimate of drug-likeness (QED) is 0.881. The standard InChI is InChI=1S/C12H13ClN2O/c1-8-3-5-11(16-8)9(2)15-12-6-4-10(13)7-14-12/h3-7,9H,1-2H3,(H,14,15). The van der Waals surface area contributed by atoms with Gasteiger partial charge in [-0.25, -0.2) is 4.98 Å². The Balaban J connectivity index is 2.07. The average molecular weight is 237 g/mol. The molecule has 2 rings (SSSR count). The van der Waals surface area contributed by atoms with Crippen LogP contribution in [0.1, 0.15) is 24.5 Å². The summed E-state index contributed by atoms with van der Waals surface area (Å²) in [5.74, 6) is 2.59. The van der Waals surface area contributed by atoms with Crippen LogP contribution >= 0.6 is 11.6 Å². The van der Waals surface area contributed by atoms with Crippen LogP contribution in [0.5, 0.6) is 0 Å². The van der Waals surface area contributed by atoms with Crippen LogP contribution in [0.2, 0.25) is 5.02 Å². The Morgan fingerprint density at radius 3 is 2.69 bits per heavy atom. The van der Waals surface area contributed by atoms with Crippen molar-refractivity contribution >= 4 is 17.4 Å². The third-order valence-corrected chi connectivity index (χ3v) is 2.50. The summed E-state index contributed by atoms with van der Waals surface area (Å²) in [5, 5.41) is 3.87. The fourth-order valence-electron chi connectivity index (χ4n) is 1.44. The van der Waals surface area contributed by atoms with Gasteiger partial charge in [-0.3, -0.25) is 0 Å². The van der Waals surface area contributed by atoms with Gasteiger partial charge in [0.2, 0.25) is 0 Å². The Bertz CT molecular complexity index is 464. The van der Waals surface area contributed by atoms with Crippen LogP contribution in [-0.2, 0) is 0 Å². The van der Waals surface area contributed by atoms with Crippen LogP contribution in [0.4, 0.5) is 5.82 Å². The molecule has 16 heavy (non-hydrogen) atoms. The lowest BCUT2D eigenvalue weighted by Gasteiger charge is -2.11. The lowest BCUT2D eigenvalue weighted by atomic mass is 10.2. The summed E-state index contributed by atoms with van der Waals surface area (Å²) in [6.45, 7) is 3.95. The summed E-state index contributed by atoms with van der Waals surface area (Å²) in [5.41, 5.74) is 0. The smallest absolute Gasteiger partial charge is 0.126 e. The Labute approximate surface area is 99.5 Å². The van der Waals surface area contributed by atoms with Gasteiger partial charge in [0.1, 0.15) is 17.3 Å². The molecule has 0 radical (unpaired) electrons. The van der Waals surface area contributed by atoms with Gasteiger partial charge < -0.3 is 9.73 Å². The topological polar surface area (TPSA) is 38.1 Å². The number of anilines is 1. The molecule has 4 heteroatoms. The maximum atomic E-state index is 5.76. The molecule has 1 atom stereocenters. The number of furan rings is 1. The second-order valence-corrected chi connectivity index (χ2v) is 4.11. The first-order chi connectivity index (χ1) is 7.65. The van der Waals surface area contributed by atoms with Crippen molar-refractivity contribution < 1.29 is 4.42 Å². The Morgan fingerprint density at radius 1 is 1.31 bits per heavy atom. The van der Waals surface area contributed by atoms with E-state index in [9.17, 15) is 0 Å². The Morgan fingerprint density at radius 2 is 2.12 bits per heavy atom. The monoisotopic (exact) mass is 236 g/mol. The second-order valence-electron chi connectivity index (χ2n) is 3.68. The molecule has 0 aliphatic carbocycles. The van der Waals surface area contributed by atoms with Gasteiger partial charge in [-0.15, -0.1) is 0 Å². The van der Waals surface area contributed by atoms with E-state index in [1.165, 1.54) is 0 Å². The summed E-state index contributed by atoms with van der Waals surface area (Å²) in [6, 6.07) is 7.64. The van der Waals surface area contributed by atoms with Crippen molar-refractivity contribution in [3.05, 3.63) is 47.0 Å². The lowest BCUT2D eigenvalue weighted by molar-refractivity contribution is 0.466. The van der Waals surface area contributed by atoms with E-state index in [-0.39, 0.29) is 6.04 Å². The fraction of sp³-hybridized carbons (Fsp3) is 0.250. The number of aromatic nitrogens is 1. The van der Waals surface area contributed by atoms with Crippen LogP contribution in [0, 0.1) is 6.92 Å². The summed E-state index contributed by atoms with van der Waals surface area (Å²) >= 11 is 5.76. The van der Waals surface area contributed by atoms with Crippen LogP contribution in [0.3, 0.4) is 0 Å². The number of pyridine rings is 1. The first-order valence-corrected chi connectivity index (χ1v) is 5.47. The zero-order valence-corrected chi connectivity index (χ0v) is 9.95. The molecular formula is C12H13ClN2O. The third-order valence-electron chi connectivity index (χ3n) is 2.28. The molecule has 0 aliphatic rings. The van der Waals surface area contributed by atoms with Crippen molar-refractivity contribution in [2.45, 2.75) is 19.9 Å². The van der Waals surface area contributed by atoms with Gasteiger partial charge in [0.25, 0.3) is 0 Å². The molecule has 2 aromatic heterocycles. The first-order valence-electron chi connectivity index (χ1n) is 5.09. The maximum absolute atomic E-state index is 5.76. The van der Waals surface area contributed by atoms with Crippen molar-refractivity contribution in [1.29, 1.82) is 0 Å². The summed E-state index contributed by atoms with van der Waals surface area (Å²) in [6.07, 6.45) is 1.62. The van der Waals surface area contributed by atoms with Gasteiger partial charge in [0, 0.05) is 6.20 Å². The molecule has 0 fully saturated rings. The van der Waals surface area contributed by atoms with E-state index in [0.29, 0.717) is 5.02 Å². The van der Waals surface area contributed by atoms with E-state index in [4.69, 9.17) is 16.0 Å². The van der Waals surface area contributed by atoms with Crippen molar-refractivity contribution in [3.63, 3.8) is 0 Å². The SMILES string of the molecule is Cc1ccc(C(C)Nc2ccc(Cl)cn2)o1. The highest BCUT2D eigenvalue weighted by atomic mass is 35.5. The van der Waals surface area contributed by atoms with Gasteiger partial charge in [0.15, 0.2) is 0 Å². The predicted molar refractivity (Wildman–Crippen MR) is 64.7 cm³/mol. The van der Waals surface area contributed by atoms with Crippen LogP contribution < -0.4 is 5.32 Å². The highest BCUT2D eigenvalue weighted by Crippen LogP contribution is 2.20. The molecular weight excluding hydrogens is 224 g/mol. The third kappa shape index (κ3) is 2.55. The molecule has 0 saturated heterocycles. The van der Waals surface area contributed by atoms with Gasteiger partial charge in [-0.1, -0.05) is 11.6 Å². The highest BCUT2D eigenvalue weighted by molar-refractivity contribution is 6.30. The molecule has 0 saturated carbocycles. The molecule has 0 bridgehead atoms. The van der Waals surface area contributed by atoms with Gasteiger partial charge >= 0.3 is 0 Å². The van der Waals surface area contributed by atoms with Gasteiger partial charge in [-0.05, 0) is 38.1 Å². The minimum absolute atomic E-state index is 0.0855. The van der Waals surface area contributed by atoms with E-state index in [1.807, 2.05) is 32.0 Å². The highest BCUT2D eigenvalue weighted by Gasteiger charge is 2.09. The van der Waals surface area contributed by atoms with Crippen LogP contribution in [-0.4, -0.2) is 4.98 Å².